The van der Waals surface area contributed by atoms with E-state index in [2.05, 4.69) is 13.8 Å². The Morgan fingerprint density at radius 1 is 0.700 bits per heavy atom. The van der Waals surface area contributed by atoms with Gasteiger partial charge in [0.15, 0.2) is 0 Å². The minimum absolute atomic E-state index is 0. The molecule has 0 bridgehead atoms. The maximum atomic E-state index is 2.70. The lowest BCUT2D eigenvalue weighted by Gasteiger charge is -2.60. The molecule has 0 saturated heterocycles. The smallest absolute Gasteiger partial charge is 0.0266 e. The quantitative estimate of drug-likeness (QED) is 0.497. The molecule has 0 radical (unpaired) electrons. The van der Waals surface area contributed by atoms with Crippen molar-refractivity contribution in [3.63, 3.8) is 0 Å². The standard InChI is InChI=1S/C19H32.ClH/c1-18-11-5-7-16(18)15-9-8-14-6-3-4-12-19(14,2)17(15)10-13-18;/h14-17H,3-13H2,1-2H3;1H/t14-,15+,16+,17+,18+,19+;/m1./s1. The van der Waals surface area contributed by atoms with E-state index in [-0.39, 0.29) is 12.4 Å². The van der Waals surface area contributed by atoms with E-state index >= 15 is 0 Å². The minimum atomic E-state index is 0. The predicted octanol–water partition coefficient (Wildman–Crippen LogP) is 6.23. The third kappa shape index (κ3) is 2.00. The van der Waals surface area contributed by atoms with Crippen LogP contribution in [0.15, 0.2) is 0 Å². The van der Waals surface area contributed by atoms with Crippen LogP contribution in [0, 0.1) is 34.5 Å². The third-order valence-electron chi connectivity index (χ3n) is 8.36. The maximum Gasteiger partial charge on any atom is -0.0266 e. The van der Waals surface area contributed by atoms with Crippen molar-refractivity contribution in [2.24, 2.45) is 34.5 Å². The molecule has 4 aliphatic carbocycles. The van der Waals surface area contributed by atoms with E-state index in [4.69, 9.17) is 0 Å². The SMILES string of the molecule is C[C@@]12CCC[C@H]1[C@@H]1CC[C@H]3CCCC[C@]3(C)[C@H]1CC2.Cl. The highest BCUT2D eigenvalue weighted by Crippen LogP contribution is 2.66. The molecule has 0 amide bonds. The van der Waals surface area contributed by atoms with Crippen LogP contribution in [-0.4, -0.2) is 0 Å². The van der Waals surface area contributed by atoms with Gasteiger partial charge in [-0.1, -0.05) is 33.1 Å². The summed E-state index contributed by atoms with van der Waals surface area (Å²) in [6, 6.07) is 0. The Morgan fingerprint density at radius 2 is 1.55 bits per heavy atom. The molecule has 0 aromatic carbocycles. The molecule has 0 nitrogen and oxygen atoms in total. The van der Waals surface area contributed by atoms with Crippen molar-refractivity contribution in [2.75, 3.05) is 0 Å². The molecule has 0 unspecified atom stereocenters. The summed E-state index contributed by atoms with van der Waals surface area (Å²) in [5, 5.41) is 0. The predicted molar refractivity (Wildman–Crippen MR) is 88.2 cm³/mol. The van der Waals surface area contributed by atoms with Crippen LogP contribution < -0.4 is 0 Å². The molecule has 0 spiro atoms. The maximum absolute atomic E-state index is 2.70. The number of rotatable bonds is 0. The zero-order valence-corrected chi connectivity index (χ0v) is 14.3. The van der Waals surface area contributed by atoms with Gasteiger partial charge in [0.05, 0.1) is 0 Å². The molecule has 0 heterocycles. The molecule has 4 aliphatic rings. The van der Waals surface area contributed by atoms with Gasteiger partial charge in [-0.3, -0.25) is 0 Å². The van der Waals surface area contributed by atoms with E-state index in [9.17, 15) is 0 Å². The summed E-state index contributed by atoms with van der Waals surface area (Å²) in [6.07, 6.45) is 17.1. The first-order valence-corrected chi connectivity index (χ1v) is 9.13. The summed E-state index contributed by atoms with van der Waals surface area (Å²) in [5.41, 5.74) is 1.49. The number of hydrogen-bond acceptors (Lipinski definition) is 0. The molecular weight excluding hydrogens is 264 g/mol. The van der Waals surface area contributed by atoms with Gasteiger partial charge in [0.1, 0.15) is 0 Å². The van der Waals surface area contributed by atoms with Gasteiger partial charge < -0.3 is 0 Å². The van der Waals surface area contributed by atoms with Gasteiger partial charge in [0.2, 0.25) is 0 Å². The van der Waals surface area contributed by atoms with Crippen LogP contribution in [0.4, 0.5) is 0 Å². The molecule has 0 aliphatic heterocycles. The summed E-state index contributed by atoms with van der Waals surface area (Å²) in [4.78, 5) is 0. The molecule has 6 atom stereocenters. The van der Waals surface area contributed by atoms with Gasteiger partial charge in [-0.2, -0.15) is 0 Å². The molecule has 20 heavy (non-hydrogen) atoms. The molecular formula is C19H33Cl. The summed E-state index contributed by atoms with van der Waals surface area (Å²) in [5.74, 6) is 4.41. The zero-order valence-electron chi connectivity index (χ0n) is 13.5. The van der Waals surface area contributed by atoms with Crippen molar-refractivity contribution in [1.82, 2.24) is 0 Å². The van der Waals surface area contributed by atoms with E-state index in [1.54, 1.807) is 51.4 Å². The summed E-state index contributed by atoms with van der Waals surface area (Å²) < 4.78 is 0. The van der Waals surface area contributed by atoms with Gasteiger partial charge in [-0.25, -0.2) is 0 Å². The lowest BCUT2D eigenvalue weighted by Crippen LogP contribution is -2.51. The molecule has 4 fully saturated rings. The van der Waals surface area contributed by atoms with Gasteiger partial charge >= 0.3 is 0 Å². The largest absolute Gasteiger partial charge is 0.147 e. The van der Waals surface area contributed by atoms with E-state index in [1.807, 2.05) is 0 Å². The monoisotopic (exact) mass is 296 g/mol. The lowest BCUT2D eigenvalue weighted by atomic mass is 9.45. The second-order valence-corrected chi connectivity index (χ2v) is 8.99. The van der Waals surface area contributed by atoms with Crippen molar-refractivity contribution in [3.8, 4) is 0 Å². The topological polar surface area (TPSA) is 0 Å². The number of hydrogen-bond donors (Lipinski definition) is 0. The van der Waals surface area contributed by atoms with Crippen molar-refractivity contribution in [1.29, 1.82) is 0 Å². The van der Waals surface area contributed by atoms with Crippen LogP contribution in [0.5, 0.6) is 0 Å². The molecule has 0 N–H and O–H groups in total. The fraction of sp³-hybridized carbons (Fsp3) is 1.00. The van der Waals surface area contributed by atoms with E-state index in [1.165, 1.54) is 19.3 Å². The fourth-order valence-corrected chi connectivity index (χ4v) is 7.29. The van der Waals surface area contributed by atoms with E-state index in [0.29, 0.717) is 0 Å². The fourth-order valence-electron chi connectivity index (χ4n) is 7.29. The first-order chi connectivity index (χ1) is 9.13. The Kier molecular flexibility index (Phi) is 3.94. The van der Waals surface area contributed by atoms with Gasteiger partial charge in [-0.05, 0) is 85.9 Å². The van der Waals surface area contributed by atoms with Crippen LogP contribution in [0.1, 0.15) is 84.5 Å². The molecule has 0 aromatic rings. The summed E-state index contributed by atoms with van der Waals surface area (Å²) in [7, 11) is 0. The summed E-state index contributed by atoms with van der Waals surface area (Å²) >= 11 is 0. The molecule has 4 rings (SSSR count). The number of halogens is 1. The average molecular weight is 297 g/mol. The molecule has 4 saturated carbocycles. The highest BCUT2D eigenvalue weighted by Gasteiger charge is 2.56. The van der Waals surface area contributed by atoms with Gasteiger partial charge in [0, 0.05) is 0 Å². The van der Waals surface area contributed by atoms with Crippen molar-refractivity contribution >= 4 is 12.4 Å². The van der Waals surface area contributed by atoms with Crippen LogP contribution in [-0.2, 0) is 0 Å². The first-order valence-electron chi connectivity index (χ1n) is 9.13. The Balaban J connectivity index is 0.00000121. The number of fused-ring (bicyclic) bond motifs is 5. The molecule has 0 aromatic heterocycles. The Morgan fingerprint density at radius 3 is 2.40 bits per heavy atom. The van der Waals surface area contributed by atoms with Gasteiger partial charge in [0.25, 0.3) is 0 Å². The second kappa shape index (κ2) is 5.18. The van der Waals surface area contributed by atoms with Crippen LogP contribution in [0.3, 0.4) is 0 Å². The molecule has 116 valence electrons. The first kappa shape index (κ1) is 15.2. The Bertz CT molecular complexity index is 365. The van der Waals surface area contributed by atoms with Crippen LogP contribution in [0.25, 0.3) is 0 Å². The lowest BCUT2D eigenvalue weighted by molar-refractivity contribution is -0.103. The van der Waals surface area contributed by atoms with Crippen molar-refractivity contribution in [2.45, 2.75) is 84.5 Å². The second-order valence-electron chi connectivity index (χ2n) is 8.99. The molecule has 1 heteroatoms. The Hall–Kier alpha value is 0.290. The van der Waals surface area contributed by atoms with E-state index in [0.717, 1.165) is 34.5 Å². The highest BCUT2D eigenvalue weighted by molar-refractivity contribution is 5.85. The van der Waals surface area contributed by atoms with Crippen LogP contribution in [0.2, 0.25) is 0 Å². The zero-order chi connectivity index (χ0) is 13.1. The highest BCUT2D eigenvalue weighted by atomic mass is 35.5. The van der Waals surface area contributed by atoms with Gasteiger partial charge in [-0.15, -0.1) is 12.4 Å². The van der Waals surface area contributed by atoms with E-state index < -0.39 is 0 Å². The third-order valence-corrected chi connectivity index (χ3v) is 8.36. The van der Waals surface area contributed by atoms with Crippen molar-refractivity contribution in [3.05, 3.63) is 0 Å². The minimum Gasteiger partial charge on any atom is -0.147 e. The Labute approximate surface area is 131 Å². The summed E-state index contributed by atoms with van der Waals surface area (Å²) in [6.45, 7) is 5.33. The average Bonchev–Trinajstić information content (AvgIpc) is 2.79. The van der Waals surface area contributed by atoms with Crippen LogP contribution >= 0.6 is 12.4 Å². The normalized spacial score (nSPS) is 54.3. The van der Waals surface area contributed by atoms with Crippen molar-refractivity contribution < 1.29 is 0 Å².